The van der Waals surface area contributed by atoms with Gasteiger partial charge in [-0.1, -0.05) is 30.3 Å². The van der Waals surface area contributed by atoms with Crippen LogP contribution >= 0.6 is 0 Å². The number of amides is 1. The van der Waals surface area contributed by atoms with Crippen molar-refractivity contribution in [3.63, 3.8) is 0 Å². The Hall–Kier alpha value is -3.10. The van der Waals surface area contributed by atoms with Gasteiger partial charge in [-0.2, -0.15) is 13.2 Å². The zero-order valence-corrected chi connectivity index (χ0v) is 14.5. The molecule has 2 aromatic rings. The largest absolute Gasteiger partial charge is 0.483 e. The van der Waals surface area contributed by atoms with E-state index >= 15 is 0 Å². The first-order chi connectivity index (χ1) is 12.6. The fourth-order valence-corrected chi connectivity index (χ4v) is 2.16. The van der Waals surface area contributed by atoms with Gasteiger partial charge >= 0.3 is 6.18 Å². The summed E-state index contributed by atoms with van der Waals surface area (Å²) in [7, 11) is 0. The minimum absolute atomic E-state index is 0.111. The van der Waals surface area contributed by atoms with Gasteiger partial charge < -0.3 is 15.0 Å². The van der Waals surface area contributed by atoms with Crippen molar-refractivity contribution < 1.29 is 27.5 Å². The monoisotopic (exact) mass is 382 g/mol. The molecular weight excluding hydrogens is 365 g/mol. The molecule has 0 aliphatic carbocycles. The minimum Gasteiger partial charge on any atom is -0.483 e. The lowest BCUT2D eigenvalue weighted by Gasteiger charge is -2.18. The number of ketones is 1. The number of Topliss-reactive ketones (excluding diaryl/α,β-unsaturated/α-hetero) is 1. The number of benzene rings is 1. The lowest BCUT2D eigenvalue weighted by atomic mass is 10.1. The number of hydrogen-bond donors (Lipinski definition) is 2. The van der Waals surface area contributed by atoms with Crippen LogP contribution in [-0.4, -0.2) is 28.9 Å². The van der Waals surface area contributed by atoms with Gasteiger partial charge in [0.2, 0.25) is 5.43 Å². The van der Waals surface area contributed by atoms with E-state index < -0.39 is 40.8 Å². The highest BCUT2D eigenvalue weighted by atomic mass is 19.4. The van der Waals surface area contributed by atoms with Crippen molar-refractivity contribution in [3.8, 4) is 5.75 Å². The Balaban J connectivity index is 2.38. The van der Waals surface area contributed by atoms with E-state index in [2.05, 4.69) is 4.98 Å². The first-order valence-corrected chi connectivity index (χ1v) is 7.92. The second kappa shape index (κ2) is 8.07. The average Bonchev–Trinajstić information content (AvgIpc) is 2.60. The molecule has 1 heterocycles. The molecular formula is C18H17F3N2O4. The summed E-state index contributed by atoms with van der Waals surface area (Å²) >= 11 is 0. The van der Waals surface area contributed by atoms with Crippen LogP contribution in [0.5, 0.6) is 5.75 Å². The van der Waals surface area contributed by atoms with Gasteiger partial charge in [0.25, 0.3) is 5.91 Å². The van der Waals surface area contributed by atoms with Crippen molar-refractivity contribution >= 4 is 11.7 Å². The molecule has 0 radical (unpaired) electrons. The van der Waals surface area contributed by atoms with E-state index in [0.717, 1.165) is 20.0 Å². The molecule has 27 heavy (non-hydrogen) atoms. The Bertz CT molecular complexity index is 892. The third-order valence-electron chi connectivity index (χ3n) is 3.71. The van der Waals surface area contributed by atoms with Crippen LogP contribution in [0.4, 0.5) is 13.2 Å². The normalized spacial score (nSPS) is 12.3. The highest BCUT2D eigenvalue weighted by molar-refractivity contribution is 5.98. The van der Waals surface area contributed by atoms with E-state index in [9.17, 15) is 27.6 Å². The number of rotatable bonds is 6. The Morgan fingerprint density at radius 3 is 2.41 bits per heavy atom. The summed E-state index contributed by atoms with van der Waals surface area (Å²) in [6.45, 7) is 1.81. The molecule has 6 nitrogen and oxygen atoms in total. The van der Waals surface area contributed by atoms with Crippen LogP contribution in [-0.2, 0) is 6.61 Å². The van der Waals surface area contributed by atoms with Gasteiger partial charge in [0.15, 0.2) is 17.2 Å². The maximum atomic E-state index is 12.7. The van der Waals surface area contributed by atoms with Crippen molar-refractivity contribution in [2.24, 2.45) is 0 Å². The first kappa shape index (κ1) is 20.2. The van der Waals surface area contributed by atoms with Gasteiger partial charge in [-0.05, 0) is 19.4 Å². The first-order valence-electron chi connectivity index (χ1n) is 7.92. The van der Waals surface area contributed by atoms with Gasteiger partial charge in [-0.25, -0.2) is 0 Å². The number of hydrogen-bond acceptors (Lipinski definition) is 4. The van der Waals surface area contributed by atoms with Crippen molar-refractivity contribution in [2.75, 3.05) is 0 Å². The summed E-state index contributed by atoms with van der Waals surface area (Å²) in [5, 5.41) is 1.75. The molecule has 2 N–H and O–H groups in total. The molecule has 0 bridgehead atoms. The highest BCUT2D eigenvalue weighted by Crippen LogP contribution is 2.21. The van der Waals surface area contributed by atoms with Crippen molar-refractivity contribution in [2.45, 2.75) is 32.7 Å². The zero-order valence-electron chi connectivity index (χ0n) is 14.5. The Kier molecular flexibility index (Phi) is 6.04. The quantitative estimate of drug-likeness (QED) is 0.752. The smallest absolute Gasteiger partial charge is 0.408 e. The lowest BCUT2D eigenvalue weighted by molar-refractivity contribution is -0.149. The molecule has 0 saturated carbocycles. The average molecular weight is 382 g/mol. The molecule has 0 spiro atoms. The number of aromatic amines is 1. The van der Waals surface area contributed by atoms with E-state index in [1.165, 1.54) is 0 Å². The number of alkyl halides is 3. The summed E-state index contributed by atoms with van der Waals surface area (Å²) in [6.07, 6.45) is -3.67. The van der Waals surface area contributed by atoms with Crippen molar-refractivity contribution in [1.82, 2.24) is 10.3 Å². The molecule has 9 heteroatoms. The fraction of sp³-hybridized carbons (Fsp3) is 0.278. The zero-order chi connectivity index (χ0) is 20.2. The lowest BCUT2D eigenvalue weighted by Crippen LogP contribution is -2.43. The summed E-state index contributed by atoms with van der Waals surface area (Å²) in [5.74, 6) is -2.26. The maximum absolute atomic E-state index is 12.7. The summed E-state index contributed by atoms with van der Waals surface area (Å²) in [4.78, 5) is 38.6. The Labute approximate surface area is 152 Å². The highest BCUT2D eigenvalue weighted by Gasteiger charge is 2.37. The Morgan fingerprint density at radius 1 is 1.22 bits per heavy atom. The number of aromatic nitrogens is 1. The topological polar surface area (TPSA) is 88.3 Å². The molecule has 2 rings (SSSR count). The number of carbonyl (C=O) groups excluding carboxylic acids is 2. The molecule has 0 fully saturated rings. The number of nitrogens with one attached hydrogen (secondary N) is 2. The van der Waals surface area contributed by atoms with Crippen LogP contribution in [0.25, 0.3) is 0 Å². The molecule has 1 amide bonds. The van der Waals surface area contributed by atoms with Crippen LogP contribution in [0.1, 0.15) is 40.3 Å². The third-order valence-corrected chi connectivity index (χ3v) is 3.71. The number of pyridine rings is 1. The second-order valence-electron chi connectivity index (χ2n) is 5.80. The predicted octanol–water partition coefficient (Wildman–Crippen LogP) is 2.84. The predicted molar refractivity (Wildman–Crippen MR) is 90.8 cm³/mol. The van der Waals surface area contributed by atoms with Gasteiger partial charge in [0.1, 0.15) is 12.6 Å². The number of ether oxygens (including phenoxy) is 1. The van der Waals surface area contributed by atoms with E-state index in [1.54, 1.807) is 35.6 Å². The number of halogens is 3. The van der Waals surface area contributed by atoms with Gasteiger partial charge in [-0.3, -0.25) is 14.4 Å². The number of H-pyrrole nitrogens is 1. The van der Waals surface area contributed by atoms with Gasteiger partial charge in [0, 0.05) is 6.20 Å². The molecule has 0 unspecified atom stereocenters. The SMILES string of the molecule is CC(=O)c1c[nH]c(C(=O)N[C@H](C)C(F)(F)F)c(OCc2ccccc2)c1=O. The maximum Gasteiger partial charge on any atom is 0.408 e. The summed E-state index contributed by atoms with van der Waals surface area (Å²) in [6, 6.07) is 6.50. The molecule has 1 aromatic carbocycles. The fourth-order valence-electron chi connectivity index (χ4n) is 2.16. The summed E-state index contributed by atoms with van der Waals surface area (Å²) < 4.78 is 43.4. The molecule has 0 aliphatic heterocycles. The van der Waals surface area contributed by atoms with Crippen LogP contribution in [0.3, 0.4) is 0 Å². The third kappa shape index (κ3) is 4.96. The van der Waals surface area contributed by atoms with Crippen LogP contribution in [0, 0.1) is 0 Å². The van der Waals surface area contributed by atoms with Crippen LogP contribution < -0.4 is 15.5 Å². The van der Waals surface area contributed by atoms with Crippen LogP contribution in [0.2, 0.25) is 0 Å². The van der Waals surface area contributed by atoms with Crippen molar-refractivity contribution in [3.05, 3.63) is 63.6 Å². The Morgan fingerprint density at radius 2 is 1.85 bits per heavy atom. The molecule has 0 saturated heterocycles. The van der Waals surface area contributed by atoms with Crippen molar-refractivity contribution in [1.29, 1.82) is 0 Å². The van der Waals surface area contributed by atoms with E-state index in [0.29, 0.717) is 5.56 Å². The molecule has 1 atom stereocenters. The van der Waals surface area contributed by atoms with Crippen LogP contribution in [0.15, 0.2) is 41.3 Å². The minimum atomic E-state index is -4.65. The van der Waals surface area contributed by atoms with Gasteiger partial charge in [-0.15, -0.1) is 0 Å². The number of carbonyl (C=O) groups is 2. The molecule has 0 aliphatic rings. The molecule has 1 aromatic heterocycles. The van der Waals surface area contributed by atoms with E-state index in [4.69, 9.17) is 4.74 Å². The second-order valence-corrected chi connectivity index (χ2v) is 5.80. The van der Waals surface area contributed by atoms with E-state index in [-0.39, 0.29) is 12.2 Å². The van der Waals surface area contributed by atoms with E-state index in [1.807, 2.05) is 0 Å². The standard InChI is InChI=1S/C18H17F3N2O4/c1-10(24)13-8-22-14(17(26)23-11(2)18(19,20)21)16(15(13)25)27-9-12-6-4-3-5-7-12/h3-8,11H,9H2,1-2H3,(H,22,25)(H,23,26)/t11-/m1/s1. The van der Waals surface area contributed by atoms with Gasteiger partial charge in [0.05, 0.1) is 5.56 Å². The summed E-state index contributed by atoms with van der Waals surface area (Å²) in [5.41, 5.74) is -0.961. The molecule has 144 valence electrons.